The maximum Gasteiger partial charge on any atom is 0.269 e. The maximum absolute atomic E-state index is 12.1. The monoisotopic (exact) mass is 356 g/mol. The van der Waals surface area contributed by atoms with E-state index >= 15 is 0 Å². The van der Waals surface area contributed by atoms with Gasteiger partial charge in [0.15, 0.2) is 0 Å². The fraction of sp³-hybridized carbons (Fsp3) is 0.300. The molecule has 0 saturated carbocycles. The Morgan fingerprint density at radius 2 is 1.58 bits per heavy atom. The van der Waals surface area contributed by atoms with Gasteiger partial charge in [-0.15, -0.1) is 0 Å². The largest absolute Gasteiger partial charge is 0.497 e. The first-order chi connectivity index (χ1) is 12.6. The molecule has 0 fully saturated rings. The zero-order chi connectivity index (χ0) is 18.8. The fourth-order valence-corrected chi connectivity index (χ4v) is 2.21. The molecule has 2 aromatic rings. The number of hydrogen-bond acceptors (Lipinski definition) is 4. The molecule has 2 rings (SSSR count). The van der Waals surface area contributed by atoms with Crippen LogP contribution in [0.2, 0.25) is 0 Å². The highest BCUT2D eigenvalue weighted by Gasteiger charge is 2.08. The summed E-state index contributed by atoms with van der Waals surface area (Å²) < 4.78 is 10.6. The molecule has 6 heteroatoms. The van der Waals surface area contributed by atoms with Gasteiger partial charge in [-0.05, 0) is 48.4 Å². The first kappa shape index (κ1) is 19.3. The molecule has 2 N–H and O–H groups in total. The number of rotatable bonds is 8. The predicted molar refractivity (Wildman–Crippen MR) is 99.2 cm³/mol. The minimum Gasteiger partial charge on any atom is -0.497 e. The first-order valence-corrected chi connectivity index (χ1v) is 8.57. The molecule has 6 nitrogen and oxygen atoms in total. The van der Waals surface area contributed by atoms with Crippen LogP contribution in [-0.2, 0) is 11.2 Å². The van der Waals surface area contributed by atoms with Crippen molar-refractivity contribution < 1.29 is 19.1 Å². The van der Waals surface area contributed by atoms with Crippen LogP contribution in [0, 0.1) is 0 Å². The summed E-state index contributed by atoms with van der Waals surface area (Å²) >= 11 is 0. The number of ether oxygens (including phenoxy) is 2. The van der Waals surface area contributed by atoms with Crippen molar-refractivity contribution in [2.24, 2.45) is 0 Å². The molecule has 0 spiro atoms. The van der Waals surface area contributed by atoms with Crippen molar-refractivity contribution in [2.75, 3.05) is 13.7 Å². The van der Waals surface area contributed by atoms with Gasteiger partial charge in [-0.3, -0.25) is 20.4 Å². The van der Waals surface area contributed by atoms with E-state index < -0.39 is 0 Å². The maximum atomic E-state index is 12.1. The van der Waals surface area contributed by atoms with Gasteiger partial charge in [0, 0.05) is 5.56 Å². The Labute approximate surface area is 153 Å². The number of carbonyl (C=O) groups excluding carboxylic acids is 2. The number of hydrogen-bond donors (Lipinski definition) is 2. The highest BCUT2D eigenvalue weighted by atomic mass is 16.5. The highest BCUT2D eigenvalue weighted by Crippen LogP contribution is 2.13. The van der Waals surface area contributed by atoms with Crippen LogP contribution >= 0.6 is 0 Å². The van der Waals surface area contributed by atoms with Gasteiger partial charge in [0.25, 0.3) is 5.91 Å². The third-order valence-corrected chi connectivity index (χ3v) is 3.72. The smallest absolute Gasteiger partial charge is 0.269 e. The fourth-order valence-electron chi connectivity index (χ4n) is 2.21. The second-order valence-electron chi connectivity index (χ2n) is 5.75. The van der Waals surface area contributed by atoms with Gasteiger partial charge in [0.05, 0.1) is 20.1 Å². The zero-order valence-corrected chi connectivity index (χ0v) is 15.1. The van der Waals surface area contributed by atoms with E-state index in [1.807, 2.05) is 0 Å². The topological polar surface area (TPSA) is 76.7 Å². The van der Waals surface area contributed by atoms with Crippen molar-refractivity contribution in [2.45, 2.75) is 26.2 Å². The van der Waals surface area contributed by atoms with E-state index in [9.17, 15) is 9.59 Å². The third kappa shape index (κ3) is 6.12. The number of nitrogens with one attached hydrogen (secondary N) is 2. The van der Waals surface area contributed by atoms with E-state index in [2.05, 4.69) is 17.8 Å². The summed E-state index contributed by atoms with van der Waals surface area (Å²) in [5.74, 6) is 0.763. The van der Waals surface area contributed by atoms with Gasteiger partial charge < -0.3 is 9.47 Å². The van der Waals surface area contributed by atoms with Gasteiger partial charge in [0.1, 0.15) is 11.5 Å². The number of unbranched alkanes of at least 4 members (excludes halogenated alkanes) is 1. The van der Waals surface area contributed by atoms with Crippen molar-refractivity contribution in [1.29, 1.82) is 0 Å². The molecule has 0 aliphatic rings. The SMILES string of the molecule is CCCCOc1ccc(C(=O)NNC(=O)Cc2ccc(OC)cc2)cc1. The number of carbonyl (C=O) groups is 2. The predicted octanol–water partition coefficient (Wildman–Crippen LogP) is 2.88. The molecule has 0 saturated heterocycles. The Bertz CT molecular complexity index is 712. The summed E-state index contributed by atoms with van der Waals surface area (Å²) in [5, 5.41) is 0. The highest BCUT2D eigenvalue weighted by molar-refractivity contribution is 5.95. The Balaban J connectivity index is 1.78. The average molecular weight is 356 g/mol. The standard InChI is InChI=1S/C20H24N2O4/c1-3-4-13-26-18-11-7-16(8-12-18)20(24)22-21-19(23)14-15-5-9-17(25-2)10-6-15/h5-12H,3-4,13-14H2,1-2H3,(H,21,23)(H,22,24). The van der Waals surface area contributed by atoms with E-state index in [-0.39, 0.29) is 18.2 Å². The Morgan fingerprint density at radius 1 is 0.923 bits per heavy atom. The normalized spacial score (nSPS) is 10.1. The van der Waals surface area contributed by atoms with Crippen molar-refractivity contribution in [3.63, 3.8) is 0 Å². The first-order valence-electron chi connectivity index (χ1n) is 8.57. The second kappa shape index (κ2) is 10.1. The van der Waals surface area contributed by atoms with Gasteiger partial charge in [-0.1, -0.05) is 25.5 Å². The van der Waals surface area contributed by atoms with Crippen molar-refractivity contribution in [3.8, 4) is 11.5 Å². The molecular formula is C20H24N2O4. The van der Waals surface area contributed by atoms with E-state index in [1.54, 1.807) is 55.6 Å². The molecule has 0 aliphatic carbocycles. The van der Waals surface area contributed by atoms with Gasteiger partial charge in [0.2, 0.25) is 5.91 Å². The van der Waals surface area contributed by atoms with Crippen LogP contribution in [-0.4, -0.2) is 25.5 Å². The van der Waals surface area contributed by atoms with Crippen molar-refractivity contribution in [1.82, 2.24) is 10.9 Å². The van der Waals surface area contributed by atoms with E-state index in [0.29, 0.717) is 12.2 Å². The second-order valence-corrected chi connectivity index (χ2v) is 5.75. The summed E-state index contributed by atoms with van der Waals surface area (Å²) in [6, 6.07) is 14.0. The quantitative estimate of drug-likeness (QED) is 0.563. The number of hydrazine groups is 1. The van der Waals surface area contributed by atoms with Gasteiger partial charge >= 0.3 is 0 Å². The van der Waals surface area contributed by atoms with Crippen LogP contribution in [0.25, 0.3) is 0 Å². The lowest BCUT2D eigenvalue weighted by atomic mass is 10.1. The summed E-state index contributed by atoms with van der Waals surface area (Å²) in [5.41, 5.74) is 6.09. The van der Waals surface area contributed by atoms with Gasteiger partial charge in [-0.25, -0.2) is 0 Å². The molecule has 0 unspecified atom stereocenters. The molecule has 2 aromatic carbocycles. The average Bonchev–Trinajstić information content (AvgIpc) is 2.67. The summed E-state index contributed by atoms with van der Waals surface area (Å²) in [6.45, 7) is 2.75. The lowest BCUT2D eigenvalue weighted by Crippen LogP contribution is -2.42. The van der Waals surface area contributed by atoms with Crippen LogP contribution < -0.4 is 20.3 Å². The molecule has 0 aromatic heterocycles. The lowest BCUT2D eigenvalue weighted by molar-refractivity contribution is -0.121. The Hall–Kier alpha value is -3.02. The Morgan fingerprint density at radius 3 is 2.19 bits per heavy atom. The minimum absolute atomic E-state index is 0.161. The number of methoxy groups -OCH3 is 1. The summed E-state index contributed by atoms with van der Waals surface area (Å²) in [4.78, 5) is 24.0. The molecule has 26 heavy (non-hydrogen) atoms. The zero-order valence-electron chi connectivity index (χ0n) is 15.1. The molecule has 0 radical (unpaired) electrons. The number of benzene rings is 2. The van der Waals surface area contributed by atoms with E-state index in [4.69, 9.17) is 9.47 Å². The van der Waals surface area contributed by atoms with Gasteiger partial charge in [-0.2, -0.15) is 0 Å². The van der Waals surface area contributed by atoms with Crippen LogP contribution in [0.15, 0.2) is 48.5 Å². The van der Waals surface area contributed by atoms with E-state index in [1.165, 1.54) is 0 Å². The minimum atomic E-state index is -0.381. The molecule has 0 heterocycles. The van der Waals surface area contributed by atoms with Crippen LogP contribution in [0.4, 0.5) is 0 Å². The van der Waals surface area contributed by atoms with Crippen LogP contribution in [0.1, 0.15) is 35.7 Å². The summed E-state index contributed by atoms with van der Waals surface area (Å²) in [6.07, 6.45) is 2.22. The number of amides is 2. The molecule has 0 bridgehead atoms. The van der Waals surface area contributed by atoms with Crippen molar-refractivity contribution in [3.05, 3.63) is 59.7 Å². The Kier molecular flexibility index (Phi) is 7.49. The molecule has 0 atom stereocenters. The molecule has 2 amide bonds. The van der Waals surface area contributed by atoms with Crippen LogP contribution in [0.3, 0.4) is 0 Å². The molecule has 0 aliphatic heterocycles. The third-order valence-electron chi connectivity index (χ3n) is 3.72. The molecular weight excluding hydrogens is 332 g/mol. The molecule has 138 valence electrons. The van der Waals surface area contributed by atoms with Crippen molar-refractivity contribution >= 4 is 11.8 Å². The van der Waals surface area contributed by atoms with Crippen LogP contribution in [0.5, 0.6) is 11.5 Å². The van der Waals surface area contributed by atoms with E-state index in [0.717, 1.165) is 29.9 Å². The lowest BCUT2D eigenvalue weighted by Gasteiger charge is -2.09. The summed E-state index contributed by atoms with van der Waals surface area (Å²) in [7, 11) is 1.58.